The molecule has 0 amide bonds. The largest absolute Gasteiger partial charge is 0.381 e. The van der Waals surface area contributed by atoms with Crippen LogP contribution in [-0.2, 0) is 10.0 Å². The van der Waals surface area contributed by atoms with Crippen molar-refractivity contribution >= 4 is 15.7 Å². The number of nitrogens with zero attached hydrogens (tertiary/aromatic N) is 2. The number of hydrogen-bond donors (Lipinski definition) is 1. The molecule has 128 valence electrons. The molecule has 24 heavy (non-hydrogen) atoms. The van der Waals surface area contributed by atoms with E-state index < -0.39 is 10.0 Å². The van der Waals surface area contributed by atoms with Crippen molar-refractivity contribution in [3.05, 3.63) is 53.9 Å². The molecule has 1 fully saturated rings. The maximum Gasteiger partial charge on any atom is 0.244 e. The van der Waals surface area contributed by atoms with E-state index in [1.54, 1.807) is 22.6 Å². The maximum atomic E-state index is 12.7. The molecule has 1 aromatic heterocycles. The lowest BCUT2D eigenvalue weighted by atomic mass is 10.1. The van der Waals surface area contributed by atoms with Gasteiger partial charge in [-0.3, -0.25) is 4.98 Å². The topological polar surface area (TPSA) is 62.3 Å². The van der Waals surface area contributed by atoms with Gasteiger partial charge in [0.1, 0.15) is 4.90 Å². The minimum atomic E-state index is -3.47. The number of aryl methyl sites for hydroxylation is 2. The molecule has 0 unspecified atom stereocenters. The van der Waals surface area contributed by atoms with E-state index in [1.165, 1.54) is 17.3 Å². The highest BCUT2D eigenvalue weighted by Gasteiger charge is 2.30. The van der Waals surface area contributed by atoms with Crippen molar-refractivity contribution in [1.82, 2.24) is 9.29 Å². The standard InChI is InChI=1S/C18H23N3O2S/c1-14-7-8-16(11-15(14)2)20-17-5-4-10-21(13-17)24(22,23)18-6-3-9-19-12-18/h3,6-9,11-12,17,20H,4-5,10,13H2,1-2H3/t17-/m0/s1. The molecule has 1 saturated heterocycles. The van der Waals surface area contributed by atoms with Crippen LogP contribution in [0.5, 0.6) is 0 Å². The van der Waals surface area contributed by atoms with Crippen LogP contribution in [0.2, 0.25) is 0 Å². The summed E-state index contributed by atoms with van der Waals surface area (Å²) >= 11 is 0. The monoisotopic (exact) mass is 345 g/mol. The van der Waals surface area contributed by atoms with Gasteiger partial charge in [-0.15, -0.1) is 0 Å². The van der Waals surface area contributed by atoms with Crippen LogP contribution < -0.4 is 5.32 Å². The third kappa shape index (κ3) is 3.60. The van der Waals surface area contributed by atoms with Crippen molar-refractivity contribution in [3.8, 4) is 0 Å². The molecule has 0 radical (unpaired) electrons. The maximum absolute atomic E-state index is 12.7. The summed E-state index contributed by atoms with van der Waals surface area (Å²) in [5, 5.41) is 3.48. The minimum Gasteiger partial charge on any atom is -0.381 e. The Balaban J connectivity index is 1.73. The van der Waals surface area contributed by atoms with Crippen LogP contribution >= 0.6 is 0 Å². The fraction of sp³-hybridized carbons (Fsp3) is 0.389. The highest BCUT2D eigenvalue weighted by Crippen LogP contribution is 2.23. The van der Waals surface area contributed by atoms with E-state index in [9.17, 15) is 8.42 Å². The van der Waals surface area contributed by atoms with E-state index in [2.05, 4.69) is 42.3 Å². The van der Waals surface area contributed by atoms with Crippen LogP contribution in [0.4, 0.5) is 5.69 Å². The summed E-state index contributed by atoms with van der Waals surface area (Å²) in [6.07, 6.45) is 4.81. The zero-order valence-electron chi connectivity index (χ0n) is 14.1. The summed E-state index contributed by atoms with van der Waals surface area (Å²) in [6.45, 7) is 5.20. The first-order valence-electron chi connectivity index (χ1n) is 8.21. The molecule has 5 nitrogen and oxygen atoms in total. The average Bonchev–Trinajstić information content (AvgIpc) is 2.59. The normalized spacial score (nSPS) is 19.2. The Labute approximate surface area is 143 Å². The summed E-state index contributed by atoms with van der Waals surface area (Å²) in [4.78, 5) is 4.19. The van der Waals surface area contributed by atoms with Gasteiger partial charge in [0.25, 0.3) is 0 Å². The molecule has 0 bridgehead atoms. The van der Waals surface area contributed by atoms with Gasteiger partial charge < -0.3 is 5.32 Å². The molecule has 1 aromatic carbocycles. The van der Waals surface area contributed by atoms with Crippen LogP contribution in [-0.4, -0.2) is 36.8 Å². The number of hydrogen-bond acceptors (Lipinski definition) is 4. The van der Waals surface area contributed by atoms with Gasteiger partial charge in [-0.25, -0.2) is 8.42 Å². The molecule has 1 aliphatic rings. The summed E-state index contributed by atoms with van der Waals surface area (Å²) in [7, 11) is -3.47. The lowest BCUT2D eigenvalue weighted by Crippen LogP contribution is -2.45. The van der Waals surface area contributed by atoms with E-state index in [0.29, 0.717) is 13.1 Å². The van der Waals surface area contributed by atoms with Gasteiger partial charge in [-0.1, -0.05) is 6.07 Å². The Morgan fingerprint density at radius 2 is 2.04 bits per heavy atom. The van der Waals surface area contributed by atoms with Crippen molar-refractivity contribution in [1.29, 1.82) is 0 Å². The molecule has 2 aromatic rings. The molecule has 1 atom stereocenters. The molecule has 1 N–H and O–H groups in total. The number of rotatable bonds is 4. The van der Waals surface area contributed by atoms with Crippen LogP contribution in [0.1, 0.15) is 24.0 Å². The van der Waals surface area contributed by atoms with Crippen LogP contribution in [0.15, 0.2) is 47.6 Å². The Kier molecular flexibility index (Phi) is 4.87. The number of anilines is 1. The number of aromatic nitrogens is 1. The summed E-state index contributed by atoms with van der Waals surface area (Å²) < 4.78 is 27.0. The zero-order valence-corrected chi connectivity index (χ0v) is 14.9. The van der Waals surface area contributed by atoms with Crippen molar-refractivity contribution in [2.45, 2.75) is 37.6 Å². The van der Waals surface area contributed by atoms with Gasteiger partial charge >= 0.3 is 0 Å². The molecule has 3 rings (SSSR count). The average molecular weight is 345 g/mol. The Morgan fingerprint density at radius 3 is 2.75 bits per heavy atom. The number of pyridine rings is 1. The van der Waals surface area contributed by atoms with E-state index in [-0.39, 0.29) is 10.9 Å². The predicted octanol–water partition coefficient (Wildman–Crippen LogP) is 2.96. The summed E-state index contributed by atoms with van der Waals surface area (Å²) in [5.74, 6) is 0. The second kappa shape index (κ2) is 6.91. The lowest BCUT2D eigenvalue weighted by Gasteiger charge is -2.33. The van der Waals surface area contributed by atoms with Crippen molar-refractivity contribution in [2.75, 3.05) is 18.4 Å². The van der Waals surface area contributed by atoms with Gasteiger partial charge in [0.05, 0.1) is 0 Å². The van der Waals surface area contributed by atoms with Crippen molar-refractivity contribution in [2.24, 2.45) is 0 Å². The van der Waals surface area contributed by atoms with Gasteiger partial charge in [0, 0.05) is 37.2 Å². The lowest BCUT2D eigenvalue weighted by molar-refractivity contribution is 0.327. The van der Waals surface area contributed by atoms with Gasteiger partial charge in [-0.2, -0.15) is 4.31 Å². The van der Waals surface area contributed by atoms with Gasteiger partial charge in [0.15, 0.2) is 0 Å². The Morgan fingerprint density at radius 1 is 1.21 bits per heavy atom. The smallest absolute Gasteiger partial charge is 0.244 e. The predicted molar refractivity (Wildman–Crippen MR) is 95.6 cm³/mol. The van der Waals surface area contributed by atoms with E-state index in [1.807, 2.05) is 0 Å². The van der Waals surface area contributed by atoms with E-state index >= 15 is 0 Å². The quantitative estimate of drug-likeness (QED) is 0.925. The molecule has 0 spiro atoms. The third-order valence-corrected chi connectivity index (χ3v) is 6.38. The van der Waals surface area contributed by atoms with E-state index in [0.717, 1.165) is 18.5 Å². The van der Waals surface area contributed by atoms with Crippen molar-refractivity contribution in [3.63, 3.8) is 0 Å². The number of sulfonamides is 1. The first-order valence-corrected chi connectivity index (χ1v) is 9.65. The Bertz CT molecular complexity index is 806. The van der Waals surface area contributed by atoms with E-state index in [4.69, 9.17) is 0 Å². The fourth-order valence-corrected chi connectivity index (χ4v) is 4.48. The minimum absolute atomic E-state index is 0.118. The van der Waals surface area contributed by atoms with Gasteiger partial charge in [0.2, 0.25) is 10.0 Å². The summed E-state index contributed by atoms with van der Waals surface area (Å²) in [6, 6.07) is 9.63. The first kappa shape index (κ1) is 16.9. The number of nitrogens with one attached hydrogen (secondary N) is 1. The number of benzene rings is 1. The van der Waals surface area contributed by atoms with Crippen LogP contribution in [0.25, 0.3) is 0 Å². The van der Waals surface area contributed by atoms with Gasteiger partial charge in [-0.05, 0) is 62.1 Å². The molecule has 0 saturated carbocycles. The highest BCUT2D eigenvalue weighted by atomic mass is 32.2. The second-order valence-electron chi connectivity index (χ2n) is 6.33. The molecule has 1 aliphatic heterocycles. The second-order valence-corrected chi connectivity index (χ2v) is 8.27. The molecular weight excluding hydrogens is 322 g/mol. The fourth-order valence-electron chi connectivity index (χ4n) is 2.99. The highest BCUT2D eigenvalue weighted by molar-refractivity contribution is 7.89. The number of piperidine rings is 1. The Hall–Kier alpha value is -1.92. The molecule has 0 aliphatic carbocycles. The zero-order chi connectivity index (χ0) is 17.2. The van der Waals surface area contributed by atoms with Crippen molar-refractivity contribution < 1.29 is 8.42 Å². The molecule has 6 heteroatoms. The van der Waals surface area contributed by atoms with Crippen LogP contribution in [0, 0.1) is 13.8 Å². The molecule has 2 heterocycles. The summed E-state index contributed by atoms with van der Waals surface area (Å²) in [5.41, 5.74) is 3.53. The SMILES string of the molecule is Cc1ccc(N[C@H]2CCCN(S(=O)(=O)c3cccnc3)C2)cc1C. The molecular formula is C18H23N3O2S. The third-order valence-electron chi connectivity index (χ3n) is 4.53. The van der Waals surface area contributed by atoms with Crippen LogP contribution in [0.3, 0.4) is 0 Å². The first-order chi connectivity index (χ1) is 11.5.